The second kappa shape index (κ2) is 7.35. The summed E-state index contributed by atoms with van der Waals surface area (Å²) in [5.41, 5.74) is 0.913. The fraction of sp³-hybridized carbons (Fsp3) is 0.462. The van der Waals surface area contributed by atoms with E-state index < -0.39 is 6.09 Å². The first-order valence-corrected chi connectivity index (χ1v) is 5.77. The maximum Gasteiger partial charge on any atom is 0.406 e. The fourth-order valence-corrected chi connectivity index (χ4v) is 1.73. The van der Waals surface area contributed by atoms with Crippen LogP contribution in [0.25, 0.3) is 0 Å². The number of hydrogen-bond donors (Lipinski definition) is 1. The van der Waals surface area contributed by atoms with Crippen molar-refractivity contribution < 1.29 is 23.7 Å². The van der Waals surface area contributed by atoms with E-state index in [9.17, 15) is 4.79 Å². The van der Waals surface area contributed by atoms with E-state index in [0.29, 0.717) is 30.2 Å². The monoisotopic (exact) mass is 269 g/mol. The number of amides is 1. The Hall–Kier alpha value is -2.11. The van der Waals surface area contributed by atoms with Crippen LogP contribution in [0.3, 0.4) is 0 Å². The zero-order valence-electron chi connectivity index (χ0n) is 11.6. The zero-order valence-corrected chi connectivity index (χ0v) is 11.6. The number of rotatable bonds is 6. The lowest BCUT2D eigenvalue weighted by Crippen LogP contribution is -2.25. The Labute approximate surface area is 112 Å². The Morgan fingerprint density at radius 3 is 2.26 bits per heavy atom. The molecule has 0 saturated carbocycles. The fourth-order valence-electron chi connectivity index (χ4n) is 1.73. The summed E-state index contributed by atoms with van der Waals surface area (Å²) in [7, 11) is 6.01. The van der Waals surface area contributed by atoms with Gasteiger partial charge in [-0.05, 0) is 12.5 Å². The van der Waals surface area contributed by atoms with Crippen LogP contribution in [0.2, 0.25) is 0 Å². The summed E-state index contributed by atoms with van der Waals surface area (Å²) in [5.74, 6) is 1.75. The molecule has 0 bridgehead atoms. The summed E-state index contributed by atoms with van der Waals surface area (Å²) in [6.45, 7) is 0.443. The van der Waals surface area contributed by atoms with E-state index in [1.165, 1.54) is 7.11 Å². The van der Waals surface area contributed by atoms with E-state index in [1.54, 1.807) is 27.4 Å². The number of ether oxygens (including phenoxy) is 4. The van der Waals surface area contributed by atoms with Crippen LogP contribution >= 0.6 is 0 Å². The Kier molecular flexibility index (Phi) is 5.78. The van der Waals surface area contributed by atoms with Crippen LogP contribution in [0.4, 0.5) is 4.79 Å². The predicted octanol–water partition coefficient (Wildman–Crippen LogP) is 1.61. The lowest BCUT2D eigenvalue weighted by molar-refractivity contribution is 0.171. The molecule has 1 aromatic carbocycles. The molecule has 6 heteroatoms. The number of nitrogens with one attached hydrogen (secondary N) is 1. The highest BCUT2D eigenvalue weighted by Gasteiger charge is 2.15. The highest BCUT2D eigenvalue weighted by Crippen LogP contribution is 2.39. The number of methoxy groups -OCH3 is 4. The molecular weight excluding hydrogens is 250 g/mol. The third-order valence-electron chi connectivity index (χ3n) is 2.63. The third-order valence-corrected chi connectivity index (χ3v) is 2.63. The van der Waals surface area contributed by atoms with E-state index in [4.69, 9.17) is 14.2 Å². The van der Waals surface area contributed by atoms with Gasteiger partial charge >= 0.3 is 6.09 Å². The van der Waals surface area contributed by atoms with E-state index in [2.05, 4.69) is 10.1 Å². The Balaban J connectivity index is 2.86. The normalized spacial score (nSPS) is 9.68. The van der Waals surface area contributed by atoms with Gasteiger partial charge in [0.2, 0.25) is 5.75 Å². The van der Waals surface area contributed by atoms with Gasteiger partial charge in [0, 0.05) is 12.1 Å². The molecule has 0 fully saturated rings. The molecule has 0 aliphatic rings. The predicted molar refractivity (Wildman–Crippen MR) is 70.2 cm³/mol. The first-order valence-electron chi connectivity index (χ1n) is 5.77. The van der Waals surface area contributed by atoms with Crippen molar-refractivity contribution in [3.05, 3.63) is 17.7 Å². The van der Waals surface area contributed by atoms with E-state index in [-0.39, 0.29) is 0 Å². The molecule has 0 aliphatic heterocycles. The van der Waals surface area contributed by atoms with Gasteiger partial charge < -0.3 is 24.3 Å². The van der Waals surface area contributed by atoms with E-state index in [1.807, 2.05) is 6.07 Å². The molecule has 0 atom stereocenters. The molecule has 19 heavy (non-hydrogen) atoms. The van der Waals surface area contributed by atoms with Crippen LogP contribution in [-0.4, -0.2) is 41.1 Å². The number of carbonyl (C=O) groups excluding carboxylic acids is 1. The van der Waals surface area contributed by atoms with Crippen molar-refractivity contribution in [3.8, 4) is 17.2 Å². The van der Waals surface area contributed by atoms with Gasteiger partial charge in [0.25, 0.3) is 0 Å². The molecule has 0 unspecified atom stereocenters. The maximum absolute atomic E-state index is 11.0. The summed E-state index contributed by atoms with van der Waals surface area (Å²) in [6.07, 6.45) is 0.137. The van der Waals surface area contributed by atoms with Crippen LogP contribution < -0.4 is 19.5 Å². The van der Waals surface area contributed by atoms with Crippen molar-refractivity contribution in [3.63, 3.8) is 0 Å². The summed E-state index contributed by atoms with van der Waals surface area (Å²) in [4.78, 5) is 11.0. The molecule has 1 N–H and O–H groups in total. The zero-order chi connectivity index (χ0) is 14.3. The van der Waals surface area contributed by atoms with Crippen LogP contribution in [-0.2, 0) is 11.2 Å². The van der Waals surface area contributed by atoms with Gasteiger partial charge in [0.05, 0.1) is 28.4 Å². The summed E-state index contributed by atoms with van der Waals surface area (Å²) >= 11 is 0. The van der Waals surface area contributed by atoms with Crippen molar-refractivity contribution >= 4 is 6.09 Å². The van der Waals surface area contributed by atoms with Crippen molar-refractivity contribution in [2.45, 2.75) is 6.42 Å². The van der Waals surface area contributed by atoms with E-state index >= 15 is 0 Å². The molecule has 0 spiro atoms. The van der Waals surface area contributed by atoms with Crippen molar-refractivity contribution in [1.82, 2.24) is 5.32 Å². The highest BCUT2D eigenvalue weighted by molar-refractivity contribution is 5.66. The van der Waals surface area contributed by atoms with Gasteiger partial charge in [-0.2, -0.15) is 0 Å². The standard InChI is InChI=1S/C13H19NO5/c1-16-10-6-5-9(7-8-14-13(15)19-4)11(17-2)12(10)18-3/h5-6H,7-8H2,1-4H3,(H,14,15). The van der Waals surface area contributed by atoms with Crippen LogP contribution in [0, 0.1) is 0 Å². The number of benzene rings is 1. The summed E-state index contributed by atoms with van der Waals surface area (Å²) < 4.78 is 20.3. The Bertz CT molecular complexity index is 433. The van der Waals surface area contributed by atoms with Crippen molar-refractivity contribution in [2.75, 3.05) is 35.0 Å². The topological polar surface area (TPSA) is 66.0 Å². The molecule has 6 nitrogen and oxygen atoms in total. The smallest absolute Gasteiger partial charge is 0.406 e. The van der Waals surface area contributed by atoms with Gasteiger partial charge in [-0.25, -0.2) is 4.79 Å². The maximum atomic E-state index is 11.0. The van der Waals surface area contributed by atoms with Gasteiger partial charge in [-0.1, -0.05) is 6.07 Å². The Morgan fingerprint density at radius 1 is 1.05 bits per heavy atom. The van der Waals surface area contributed by atoms with Crippen LogP contribution in [0.1, 0.15) is 5.56 Å². The molecule has 1 amide bonds. The van der Waals surface area contributed by atoms with Crippen LogP contribution in [0.15, 0.2) is 12.1 Å². The number of hydrogen-bond acceptors (Lipinski definition) is 5. The summed E-state index contributed by atoms with van der Waals surface area (Å²) in [6, 6.07) is 3.67. The average Bonchev–Trinajstić information content (AvgIpc) is 2.45. The van der Waals surface area contributed by atoms with Gasteiger partial charge in [0.15, 0.2) is 11.5 Å². The lowest BCUT2D eigenvalue weighted by atomic mass is 10.1. The molecule has 0 heterocycles. The molecule has 0 aliphatic carbocycles. The van der Waals surface area contributed by atoms with Gasteiger partial charge in [0.1, 0.15) is 0 Å². The van der Waals surface area contributed by atoms with Crippen LogP contribution in [0.5, 0.6) is 17.2 Å². The first kappa shape index (κ1) is 14.9. The molecular formula is C13H19NO5. The average molecular weight is 269 g/mol. The van der Waals surface area contributed by atoms with Crippen molar-refractivity contribution in [2.24, 2.45) is 0 Å². The molecule has 1 aromatic rings. The van der Waals surface area contributed by atoms with Gasteiger partial charge in [-0.15, -0.1) is 0 Å². The Morgan fingerprint density at radius 2 is 1.74 bits per heavy atom. The highest BCUT2D eigenvalue weighted by atomic mass is 16.5. The lowest BCUT2D eigenvalue weighted by Gasteiger charge is -2.15. The molecule has 106 valence electrons. The number of alkyl carbamates (subject to hydrolysis) is 1. The largest absolute Gasteiger partial charge is 0.493 e. The molecule has 0 radical (unpaired) electrons. The summed E-state index contributed by atoms with van der Waals surface area (Å²) in [5, 5.41) is 2.61. The van der Waals surface area contributed by atoms with E-state index in [0.717, 1.165) is 5.56 Å². The molecule has 0 aromatic heterocycles. The SMILES string of the molecule is COC(=O)NCCc1ccc(OC)c(OC)c1OC. The minimum atomic E-state index is -0.459. The second-order valence-electron chi connectivity index (χ2n) is 3.66. The quantitative estimate of drug-likeness (QED) is 0.850. The second-order valence-corrected chi connectivity index (χ2v) is 3.66. The minimum Gasteiger partial charge on any atom is -0.493 e. The molecule has 1 rings (SSSR count). The molecule has 0 saturated heterocycles. The number of carbonyl (C=O) groups is 1. The van der Waals surface area contributed by atoms with Gasteiger partial charge in [-0.3, -0.25) is 0 Å². The third kappa shape index (κ3) is 3.67. The minimum absolute atomic E-state index is 0.443. The first-order chi connectivity index (χ1) is 9.17. The van der Waals surface area contributed by atoms with Crippen molar-refractivity contribution in [1.29, 1.82) is 0 Å².